The fourth-order valence-electron chi connectivity index (χ4n) is 4.33. The average Bonchev–Trinajstić information content (AvgIpc) is 2.88. The van der Waals surface area contributed by atoms with Crippen LogP contribution in [0.2, 0.25) is 5.02 Å². The van der Waals surface area contributed by atoms with Crippen molar-refractivity contribution in [1.82, 2.24) is 10.2 Å². The minimum atomic E-state index is -4.14. The molecule has 0 radical (unpaired) electrons. The molecule has 0 saturated heterocycles. The van der Waals surface area contributed by atoms with Crippen molar-refractivity contribution >= 4 is 39.1 Å². The van der Waals surface area contributed by atoms with E-state index in [-0.39, 0.29) is 23.4 Å². The third kappa shape index (κ3) is 7.61. The number of halogens is 1. The van der Waals surface area contributed by atoms with Crippen LogP contribution < -0.4 is 9.62 Å². The summed E-state index contributed by atoms with van der Waals surface area (Å²) in [6, 6.07) is 19.8. The molecule has 1 atom stereocenters. The van der Waals surface area contributed by atoms with Gasteiger partial charge >= 0.3 is 0 Å². The molecule has 2 amide bonds. The lowest BCUT2D eigenvalue weighted by Crippen LogP contribution is -2.53. The van der Waals surface area contributed by atoms with Gasteiger partial charge in [0.2, 0.25) is 11.8 Å². The number of carbonyl (C=O) groups excluding carboxylic acids is 2. The van der Waals surface area contributed by atoms with Crippen molar-refractivity contribution < 1.29 is 18.0 Å². The first-order valence-electron chi connectivity index (χ1n) is 12.9. The predicted molar refractivity (Wildman–Crippen MR) is 156 cm³/mol. The molecule has 0 fully saturated rings. The van der Waals surface area contributed by atoms with E-state index < -0.39 is 28.5 Å². The van der Waals surface area contributed by atoms with E-state index in [0.29, 0.717) is 22.7 Å². The Balaban J connectivity index is 2.08. The monoisotopic (exact) mass is 569 g/mol. The Morgan fingerprint density at radius 1 is 0.949 bits per heavy atom. The number of sulfonamides is 1. The Morgan fingerprint density at radius 3 is 2.15 bits per heavy atom. The molecule has 0 aromatic heterocycles. The fraction of sp³-hybridized carbons (Fsp3) is 0.333. The maximum absolute atomic E-state index is 14.0. The number of rotatable bonds is 11. The summed E-state index contributed by atoms with van der Waals surface area (Å²) in [5.74, 6) is -0.776. The lowest BCUT2D eigenvalue weighted by Gasteiger charge is -2.34. The maximum Gasteiger partial charge on any atom is 0.264 e. The first-order chi connectivity index (χ1) is 18.4. The van der Waals surface area contributed by atoms with E-state index in [9.17, 15) is 18.0 Å². The molecule has 9 heteroatoms. The van der Waals surface area contributed by atoms with Crippen molar-refractivity contribution in [2.45, 2.75) is 64.6 Å². The minimum absolute atomic E-state index is 0.0643. The van der Waals surface area contributed by atoms with Crippen LogP contribution in [0.3, 0.4) is 0 Å². The molecular weight excluding hydrogens is 534 g/mol. The molecule has 3 aromatic carbocycles. The third-order valence-electron chi connectivity index (χ3n) is 6.33. The molecule has 0 heterocycles. The van der Waals surface area contributed by atoms with Crippen molar-refractivity contribution in [3.8, 4) is 0 Å². The smallest absolute Gasteiger partial charge is 0.264 e. The number of hydrogen-bond acceptors (Lipinski definition) is 4. The lowest BCUT2D eigenvalue weighted by atomic mass is 10.1. The van der Waals surface area contributed by atoms with Gasteiger partial charge in [0.05, 0.1) is 10.6 Å². The Labute approximate surface area is 236 Å². The molecule has 1 N–H and O–H groups in total. The van der Waals surface area contributed by atoms with Crippen LogP contribution in [0.1, 0.15) is 43.9 Å². The molecule has 0 spiro atoms. The molecule has 0 bridgehead atoms. The SMILES string of the molecule is CCC(C(=O)NC(C)C)N(Cc1ccccc1)C(=O)CN(c1ccc(Cl)cc1C)S(=O)(=O)c1ccc(C)cc1. The second-order valence-electron chi connectivity index (χ2n) is 9.85. The number of nitrogens with zero attached hydrogens (tertiary/aromatic N) is 2. The molecule has 3 aromatic rings. The van der Waals surface area contributed by atoms with Crippen LogP contribution in [0, 0.1) is 13.8 Å². The van der Waals surface area contributed by atoms with Crippen LogP contribution in [-0.4, -0.2) is 43.8 Å². The Morgan fingerprint density at radius 2 is 1.59 bits per heavy atom. The number of hydrogen-bond donors (Lipinski definition) is 1. The molecule has 0 aliphatic carbocycles. The highest BCUT2D eigenvalue weighted by Crippen LogP contribution is 2.29. The van der Waals surface area contributed by atoms with E-state index in [1.807, 2.05) is 58.0 Å². The Kier molecular flexibility index (Phi) is 10.2. The van der Waals surface area contributed by atoms with Crippen molar-refractivity contribution in [2.75, 3.05) is 10.8 Å². The first-order valence-corrected chi connectivity index (χ1v) is 14.7. The van der Waals surface area contributed by atoms with Gasteiger partial charge in [-0.2, -0.15) is 0 Å². The molecule has 0 aliphatic rings. The molecule has 7 nitrogen and oxygen atoms in total. The van der Waals surface area contributed by atoms with Gasteiger partial charge in [0.1, 0.15) is 12.6 Å². The largest absolute Gasteiger partial charge is 0.352 e. The Hall–Kier alpha value is -3.36. The lowest BCUT2D eigenvalue weighted by molar-refractivity contribution is -0.140. The van der Waals surface area contributed by atoms with Gasteiger partial charge in [-0.15, -0.1) is 0 Å². The van der Waals surface area contributed by atoms with Crippen LogP contribution in [0.4, 0.5) is 5.69 Å². The summed E-state index contributed by atoms with van der Waals surface area (Å²) >= 11 is 6.17. The zero-order chi connectivity index (χ0) is 28.7. The van der Waals surface area contributed by atoms with Gasteiger partial charge in [-0.1, -0.05) is 66.6 Å². The van der Waals surface area contributed by atoms with Crippen LogP contribution >= 0.6 is 11.6 Å². The standard InChI is InChI=1S/C30H36ClN3O4S/c1-6-27(30(36)32-21(2)3)33(19-24-10-8-7-9-11-24)29(35)20-34(28-17-14-25(31)18-23(28)5)39(37,38)26-15-12-22(4)13-16-26/h7-18,21,27H,6,19-20H2,1-5H3,(H,32,36). The molecule has 0 saturated carbocycles. The second kappa shape index (κ2) is 13.1. The van der Waals surface area contributed by atoms with Crippen molar-refractivity contribution in [3.05, 3.63) is 94.5 Å². The summed E-state index contributed by atoms with van der Waals surface area (Å²) in [6.07, 6.45) is 0.363. The van der Waals surface area contributed by atoms with E-state index in [1.54, 1.807) is 37.3 Å². The minimum Gasteiger partial charge on any atom is -0.352 e. The molecule has 1 unspecified atom stereocenters. The molecule has 0 aliphatic heterocycles. The zero-order valence-corrected chi connectivity index (χ0v) is 24.6. The number of nitrogens with one attached hydrogen (secondary N) is 1. The van der Waals surface area contributed by atoms with E-state index in [0.717, 1.165) is 15.4 Å². The molecular formula is C30H36ClN3O4S. The fourth-order valence-corrected chi connectivity index (χ4v) is 6.04. The van der Waals surface area contributed by atoms with Gasteiger partial charge in [0, 0.05) is 17.6 Å². The van der Waals surface area contributed by atoms with E-state index in [2.05, 4.69) is 5.32 Å². The van der Waals surface area contributed by atoms with Gasteiger partial charge < -0.3 is 10.2 Å². The number of benzene rings is 3. The summed E-state index contributed by atoms with van der Waals surface area (Å²) < 4.78 is 29.0. The number of amides is 2. The molecule has 39 heavy (non-hydrogen) atoms. The van der Waals surface area contributed by atoms with Gasteiger partial charge in [-0.25, -0.2) is 8.42 Å². The highest BCUT2D eigenvalue weighted by molar-refractivity contribution is 7.92. The number of aryl methyl sites for hydroxylation is 2. The van der Waals surface area contributed by atoms with E-state index in [4.69, 9.17) is 11.6 Å². The molecule has 208 valence electrons. The van der Waals surface area contributed by atoms with Crippen LogP contribution in [0.5, 0.6) is 0 Å². The van der Waals surface area contributed by atoms with Crippen molar-refractivity contribution in [1.29, 1.82) is 0 Å². The average molecular weight is 570 g/mol. The van der Waals surface area contributed by atoms with Gasteiger partial charge in [-0.3, -0.25) is 13.9 Å². The highest BCUT2D eigenvalue weighted by Gasteiger charge is 2.34. The second-order valence-corrected chi connectivity index (χ2v) is 12.1. The topological polar surface area (TPSA) is 86.8 Å². The molecule has 3 rings (SSSR count). The number of anilines is 1. The van der Waals surface area contributed by atoms with Crippen LogP contribution in [0.25, 0.3) is 0 Å². The Bertz CT molecular complexity index is 1390. The zero-order valence-electron chi connectivity index (χ0n) is 23.0. The van der Waals surface area contributed by atoms with E-state index in [1.165, 1.54) is 17.0 Å². The van der Waals surface area contributed by atoms with Gasteiger partial charge in [0.15, 0.2) is 0 Å². The van der Waals surface area contributed by atoms with Crippen molar-refractivity contribution in [3.63, 3.8) is 0 Å². The van der Waals surface area contributed by atoms with Gasteiger partial charge in [-0.05, 0) is 75.6 Å². The number of carbonyl (C=O) groups is 2. The maximum atomic E-state index is 14.0. The predicted octanol–water partition coefficient (Wildman–Crippen LogP) is 5.48. The normalized spacial score (nSPS) is 12.2. The van der Waals surface area contributed by atoms with Gasteiger partial charge in [0.25, 0.3) is 10.0 Å². The highest BCUT2D eigenvalue weighted by atomic mass is 35.5. The summed E-state index contributed by atoms with van der Waals surface area (Å²) in [6.45, 7) is 8.82. The first kappa shape index (κ1) is 30.2. The van der Waals surface area contributed by atoms with Crippen LogP contribution in [-0.2, 0) is 26.2 Å². The summed E-state index contributed by atoms with van der Waals surface area (Å²) in [5, 5.41) is 3.35. The van der Waals surface area contributed by atoms with Crippen LogP contribution in [0.15, 0.2) is 77.7 Å². The van der Waals surface area contributed by atoms with E-state index >= 15 is 0 Å². The third-order valence-corrected chi connectivity index (χ3v) is 8.34. The summed E-state index contributed by atoms with van der Waals surface area (Å²) in [7, 11) is -4.14. The van der Waals surface area contributed by atoms with Crippen molar-refractivity contribution in [2.24, 2.45) is 0 Å². The summed E-state index contributed by atoms with van der Waals surface area (Å²) in [5.41, 5.74) is 2.69. The summed E-state index contributed by atoms with van der Waals surface area (Å²) in [4.78, 5) is 28.7. The quantitative estimate of drug-likeness (QED) is 0.331.